The average molecular weight is 1180 g/mol. The number of aliphatic hydroxyl groups is 2. The first-order chi connectivity index (χ1) is 41.5. The zero-order valence-electron chi connectivity index (χ0n) is 57.2. The molecule has 0 heterocycles. The van der Waals surface area contributed by atoms with E-state index in [4.69, 9.17) is 4.74 Å². The van der Waals surface area contributed by atoms with Gasteiger partial charge in [0.15, 0.2) is 0 Å². The number of rotatable bonds is 73. The summed E-state index contributed by atoms with van der Waals surface area (Å²) in [6, 6.07) is -0.626. The third-order valence-corrected chi connectivity index (χ3v) is 18.2. The van der Waals surface area contributed by atoms with Gasteiger partial charge in [-0.3, -0.25) is 9.59 Å². The lowest BCUT2D eigenvalue weighted by Gasteiger charge is -2.20. The van der Waals surface area contributed by atoms with Gasteiger partial charge in [0.25, 0.3) is 0 Å². The van der Waals surface area contributed by atoms with Gasteiger partial charge in [-0.1, -0.05) is 391 Å². The van der Waals surface area contributed by atoms with E-state index < -0.39 is 12.1 Å². The van der Waals surface area contributed by atoms with Gasteiger partial charge in [-0.15, -0.1) is 0 Å². The minimum Gasteiger partial charge on any atom is -0.466 e. The molecule has 0 spiro atoms. The Hall–Kier alpha value is -1.66. The molecule has 0 aliphatic heterocycles. The molecule has 0 saturated heterocycles. The average Bonchev–Trinajstić information content (AvgIpc) is 3.51. The molecule has 498 valence electrons. The van der Waals surface area contributed by atoms with Gasteiger partial charge in [0.1, 0.15) is 0 Å². The molecule has 0 fully saturated rings. The summed E-state index contributed by atoms with van der Waals surface area (Å²) in [5.41, 5.74) is 0. The smallest absolute Gasteiger partial charge is 0.305 e. The Morgan fingerprint density at radius 3 is 0.869 bits per heavy atom. The van der Waals surface area contributed by atoms with Crippen molar-refractivity contribution in [2.24, 2.45) is 0 Å². The van der Waals surface area contributed by atoms with Crippen molar-refractivity contribution in [2.45, 2.75) is 450 Å². The molecule has 0 radical (unpaired) electrons. The van der Waals surface area contributed by atoms with Crippen LogP contribution in [0.1, 0.15) is 438 Å². The van der Waals surface area contributed by atoms with Crippen molar-refractivity contribution in [2.75, 3.05) is 13.2 Å². The lowest BCUT2D eigenvalue weighted by Crippen LogP contribution is -2.45. The van der Waals surface area contributed by atoms with Gasteiger partial charge in [-0.25, -0.2) is 0 Å². The number of esters is 1. The predicted octanol–water partition coefficient (Wildman–Crippen LogP) is 25.3. The Bertz CT molecular complexity index is 1320. The molecule has 6 heteroatoms. The van der Waals surface area contributed by atoms with Gasteiger partial charge >= 0.3 is 5.97 Å². The van der Waals surface area contributed by atoms with Crippen LogP contribution in [0.3, 0.4) is 0 Å². The molecule has 0 aromatic rings. The second-order valence-electron chi connectivity index (χ2n) is 26.7. The Kier molecular flexibility index (Phi) is 72.3. The largest absolute Gasteiger partial charge is 0.466 e. The number of hydrogen-bond donors (Lipinski definition) is 3. The minimum atomic E-state index is -0.843. The summed E-state index contributed by atoms with van der Waals surface area (Å²) in [5.74, 6) is -0.0483. The van der Waals surface area contributed by atoms with Crippen molar-refractivity contribution >= 4 is 11.9 Å². The molecule has 0 bridgehead atoms. The summed E-state index contributed by atoms with van der Waals surface area (Å²) in [6.45, 7) is 4.93. The fourth-order valence-corrected chi connectivity index (χ4v) is 12.3. The van der Waals surface area contributed by atoms with E-state index in [-0.39, 0.29) is 18.5 Å². The first-order valence-electron chi connectivity index (χ1n) is 38.6. The summed E-state index contributed by atoms with van der Waals surface area (Å²) < 4.78 is 5.48. The standard InChI is InChI=1S/C78H151NO5/c1-3-5-7-9-11-13-15-17-18-19-20-21-22-29-32-35-38-41-44-47-50-54-58-62-66-70-76(81)75(74-80)79-77(82)71-67-63-59-55-51-48-45-42-39-36-33-30-27-25-23-24-26-28-31-34-37-40-43-46-49-53-57-61-65-69-73-84-78(83)72-68-64-60-56-52-16-14-12-10-8-6-4-2/h12,14,66,70,75-76,80-81H,3-11,13,15-65,67-69,71-74H2,1-2H3,(H,79,82)/b14-12-,70-66+. The van der Waals surface area contributed by atoms with Crippen LogP contribution in [0.2, 0.25) is 0 Å². The number of carbonyl (C=O) groups is 2. The van der Waals surface area contributed by atoms with Crippen LogP contribution in [-0.2, 0) is 14.3 Å². The number of allylic oxidation sites excluding steroid dienone is 3. The maximum absolute atomic E-state index is 12.6. The van der Waals surface area contributed by atoms with Gasteiger partial charge in [0.05, 0.1) is 25.4 Å². The third-order valence-electron chi connectivity index (χ3n) is 18.2. The topological polar surface area (TPSA) is 95.9 Å². The quantitative estimate of drug-likeness (QED) is 0.0320. The van der Waals surface area contributed by atoms with E-state index in [1.54, 1.807) is 6.08 Å². The van der Waals surface area contributed by atoms with Gasteiger partial charge in [-0.2, -0.15) is 0 Å². The fraction of sp³-hybridized carbons (Fsp3) is 0.923. The molecule has 1 amide bonds. The Morgan fingerprint density at radius 2 is 0.560 bits per heavy atom. The van der Waals surface area contributed by atoms with Gasteiger partial charge in [-0.05, 0) is 57.8 Å². The molecular weight excluding hydrogens is 1030 g/mol. The fourth-order valence-electron chi connectivity index (χ4n) is 12.3. The summed E-state index contributed by atoms with van der Waals surface area (Å²) in [5, 5.41) is 23.3. The number of hydrogen-bond acceptors (Lipinski definition) is 5. The van der Waals surface area contributed by atoms with Crippen molar-refractivity contribution in [3.63, 3.8) is 0 Å². The van der Waals surface area contributed by atoms with E-state index in [2.05, 4.69) is 31.3 Å². The number of aliphatic hydroxyl groups excluding tert-OH is 2. The molecule has 0 aromatic carbocycles. The number of carbonyl (C=O) groups excluding carboxylic acids is 2. The van der Waals surface area contributed by atoms with Crippen LogP contribution in [0.25, 0.3) is 0 Å². The van der Waals surface area contributed by atoms with Crippen LogP contribution in [-0.4, -0.2) is 47.4 Å². The third kappa shape index (κ3) is 69.4. The van der Waals surface area contributed by atoms with E-state index in [1.807, 2.05) is 6.08 Å². The maximum Gasteiger partial charge on any atom is 0.305 e. The van der Waals surface area contributed by atoms with Crippen molar-refractivity contribution in [1.82, 2.24) is 5.32 Å². The Morgan fingerprint density at radius 1 is 0.321 bits per heavy atom. The van der Waals surface area contributed by atoms with E-state index >= 15 is 0 Å². The highest BCUT2D eigenvalue weighted by molar-refractivity contribution is 5.76. The second-order valence-corrected chi connectivity index (χ2v) is 26.7. The van der Waals surface area contributed by atoms with Crippen LogP contribution >= 0.6 is 0 Å². The summed E-state index contributed by atoms with van der Waals surface area (Å²) >= 11 is 0. The van der Waals surface area contributed by atoms with E-state index in [9.17, 15) is 19.8 Å². The summed E-state index contributed by atoms with van der Waals surface area (Å²) in [6.07, 6.45) is 94.4. The number of ether oxygens (including phenoxy) is 1. The molecule has 0 aliphatic rings. The molecule has 0 rings (SSSR count). The molecule has 0 aliphatic carbocycles. The van der Waals surface area contributed by atoms with Crippen LogP contribution in [0.4, 0.5) is 0 Å². The van der Waals surface area contributed by atoms with Crippen molar-refractivity contribution in [3.05, 3.63) is 24.3 Å². The van der Waals surface area contributed by atoms with E-state index in [0.29, 0.717) is 19.4 Å². The molecular formula is C78H151NO5. The summed E-state index contributed by atoms with van der Waals surface area (Å²) in [7, 11) is 0. The van der Waals surface area contributed by atoms with Crippen molar-refractivity contribution < 1.29 is 24.5 Å². The van der Waals surface area contributed by atoms with E-state index in [1.165, 1.54) is 366 Å². The Labute approximate surface area is 526 Å². The highest BCUT2D eigenvalue weighted by Gasteiger charge is 2.18. The SMILES string of the molecule is CCCCC/C=C\CCCCCCCC(=O)OCCCCCCCCCCCCCCCCCCCCCCCCCCCCCCCCC(=O)NC(CO)C(O)/C=C/CCCCCCCCCCCCCCCCCCCCCCCCC. The number of nitrogens with one attached hydrogen (secondary N) is 1. The highest BCUT2D eigenvalue weighted by atomic mass is 16.5. The number of amides is 1. The zero-order chi connectivity index (χ0) is 60.6. The van der Waals surface area contributed by atoms with Gasteiger partial charge in [0, 0.05) is 12.8 Å². The van der Waals surface area contributed by atoms with Crippen LogP contribution in [0.5, 0.6) is 0 Å². The molecule has 0 aromatic heterocycles. The molecule has 0 saturated carbocycles. The lowest BCUT2D eigenvalue weighted by atomic mass is 10.0. The zero-order valence-corrected chi connectivity index (χ0v) is 57.2. The van der Waals surface area contributed by atoms with E-state index in [0.717, 1.165) is 44.9 Å². The number of unbranched alkanes of at least 4 members (excludes halogenated alkanes) is 60. The normalized spacial score (nSPS) is 12.6. The molecule has 2 unspecified atom stereocenters. The minimum absolute atomic E-state index is 0.0105. The van der Waals surface area contributed by atoms with Gasteiger partial charge in [0.2, 0.25) is 5.91 Å². The predicted molar refractivity (Wildman–Crippen MR) is 370 cm³/mol. The van der Waals surface area contributed by atoms with Gasteiger partial charge < -0.3 is 20.3 Å². The summed E-state index contributed by atoms with van der Waals surface area (Å²) in [4.78, 5) is 24.6. The molecule has 2 atom stereocenters. The van der Waals surface area contributed by atoms with Crippen LogP contribution < -0.4 is 5.32 Å². The monoisotopic (exact) mass is 1180 g/mol. The first kappa shape index (κ1) is 82.3. The van der Waals surface area contributed by atoms with Crippen LogP contribution in [0, 0.1) is 0 Å². The van der Waals surface area contributed by atoms with Crippen molar-refractivity contribution in [1.29, 1.82) is 0 Å². The molecule has 84 heavy (non-hydrogen) atoms. The molecule has 3 N–H and O–H groups in total. The highest BCUT2D eigenvalue weighted by Crippen LogP contribution is 2.20. The van der Waals surface area contributed by atoms with Crippen LogP contribution in [0.15, 0.2) is 24.3 Å². The van der Waals surface area contributed by atoms with Crippen molar-refractivity contribution in [3.8, 4) is 0 Å². The first-order valence-corrected chi connectivity index (χ1v) is 38.6. The maximum atomic E-state index is 12.6. The molecule has 6 nitrogen and oxygen atoms in total. The second kappa shape index (κ2) is 73.8. The lowest BCUT2D eigenvalue weighted by molar-refractivity contribution is -0.143. The Balaban J connectivity index is 3.37.